The van der Waals surface area contributed by atoms with Crippen LogP contribution in [0.4, 0.5) is 5.69 Å². The van der Waals surface area contributed by atoms with Crippen molar-refractivity contribution in [3.8, 4) is 0 Å². The third kappa shape index (κ3) is 8.66. The molecular weight excluding hydrogens is 548 g/mol. The Morgan fingerprint density at radius 1 is 0.833 bits per heavy atom. The van der Waals surface area contributed by atoms with E-state index in [4.69, 9.17) is 0 Å². The second-order valence-corrected chi connectivity index (χ2v) is 13.5. The Kier molecular flexibility index (Phi) is 11.3. The van der Waals surface area contributed by atoms with E-state index in [2.05, 4.69) is 5.32 Å². The first-order chi connectivity index (χ1) is 19.8. The molecule has 0 aliphatic rings. The van der Waals surface area contributed by atoms with Gasteiger partial charge < -0.3 is 10.2 Å². The zero-order valence-electron chi connectivity index (χ0n) is 25.8. The van der Waals surface area contributed by atoms with E-state index in [1.54, 1.807) is 6.07 Å². The van der Waals surface area contributed by atoms with Gasteiger partial charge in [0.15, 0.2) is 0 Å². The lowest BCUT2D eigenvalue weighted by Crippen LogP contribution is -2.54. The first-order valence-electron chi connectivity index (χ1n) is 14.2. The van der Waals surface area contributed by atoms with Crippen molar-refractivity contribution in [2.24, 2.45) is 5.92 Å². The third-order valence-corrected chi connectivity index (χ3v) is 8.85. The van der Waals surface area contributed by atoms with Gasteiger partial charge in [-0.15, -0.1) is 0 Å². The molecule has 3 aromatic carbocycles. The molecule has 0 radical (unpaired) electrons. The molecule has 8 nitrogen and oxygen atoms in total. The maximum atomic E-state index is 14.4. The molecule has 1 atom stereocenters. The Bertz CT molecular complexity index is 1470. The Hall–Kier alpha value is -3.69. The highest BCUT2D eigenvalue weighted by Gasteiger charge is 2.35. The second-order valence-electron chi connectivity index (χ2n) is 11.4. The summed E-state index contributed by atoms with van der Waals surface area (Å²) >= 11 is 0. The van der Waals surface area contributed by atoms with Crippen molar-refractivity contribution >= 4 is 27.7 Å². The summed E-state index contributed by atoms with van der Waals surface area (Å²) < 4.78 is 29.5. The van der Waals surface area contributed by atoms with E-state index < -0.39 is 28.7 Å². The van der Waals surface area contributed by atoms with Crippen LogP contribution in [-0.4, -0.2) is 62.7 Å². The normalized spacial score (nSPS) is 12.3. The molecule has 1 unspecified atom stereocenters. The SMILES string of the molecule is Cc1cccc(CN(C(=O)CN(c2cc(C)ccc2C)S(=O)(=O)N(C)C)C(Cc2ccccc2)C(=O)NCC(C)C)c1. The molecule has 0 aromatic heterocycles. The van der Waals surface area contributed by atoms with Crippen molar-refractivity contribution in [3.63, 3.8) is 0 Å². The van der Waals surface area contributed by atoms with Crippen molar-refractivity contribution < 1.29 is 18.0 Å². The Morgan fingerprint density at radius 2 is 1.48 bits per heavy atom. The Morgan fingerprint density at radius 3 is 2.10 bits per heavy atom. The maximum Gasteiger partial charge on any atom is 0.304 e. The largest absolute Gasteiger partial charge is 0.354 e. The summed E-state index contributed by atoms with van der Waals surface area (Å²) in [5.74, 6) is -0.525. The van der Waals surface area contributed by atoms with Crippen molar-refractivity contribution in [1.82, 2.24) is 14.5 Å². The second kappa shape index (κ2) is 14.5. The van der Waals surface area contributed by atoms with Gasteiger partial charge in [0.25, 0.3) is 0 Å². The van der Waals surface area contributed by atoms with Crippen LogP contribution in [0.5, 0.6) is 0 Å². The van der Waals surface area contributed by atoms with E-state index in [1.807, 2.05) is 101 Å². The van der Waals surface area contributed by atoms with E-state index in [-0.39, 0.29) is 24.8 Å². The van der Waals surface area contributed by atoms with Crippen LogP contribution < -0.4 is 9.62 Å². The van der Waals surface area contributed by atoms with Gasteiger partial charge in [-0.3, -0.25) is 9.59 Å². The molecule has 0 fully saturated rings. The lowest BCUT2D eigenvalue weighted by atomic mass is 10.0. The molecule has 0 heterocycles. The van der Waals surface area contributed by atoms with Crippen LogP contribution in [0, 0.1) is 26.7 Å². The molecule has 3 aromatic rings. The number of hydrogen-bond acceptors (Lipinski definition) is 4. The van der Waals surface area contributed by atoms with E-state index in [0.717, 1.165) is 36.4 Å². The lowest BCUT2D eigenvalue weighted by Gasteiger charge is -2.35. The molecule has 9 heteroatoms. The number of rotatable bonds is 13. The molecule has 0 saturated carbocycles. The summed E-state index contributed by atoms with van der Waals surface area (Å²) in [5, 5.41) is 3.01. The quantitative estimate of drug-likeness (QED) is 0.313. The van der Waals surface area contributed by atoms with Crippen LogP contribution in [-0.2, 0) is 32.8 Å². The maximum absolute atomic E-state index is 14.4. The van der Waals surface area contributed by atoms with Gasteiger partial charge in [-0.2, -0.15) is 12.7 Å². The number of carbonyl (C=O) groups is 2. The van der Waals surface area contributed by atoms with Gasteiger partial charge in [0.05, 0.1) is 5.69 Å². The average Bonchev–Trinajstić information content (AvgIpc) is 2.94. The van der Waals surface area contributed by atoms with Gasteiger partial charge in [-0.25, -0.2) is 4.31 Å². The summed E-state index contributed by atoms with van der Waals surface area (Å²) in [4.78, 5) is 29.7. The lowest BCUT2D eigenvalue weighted by molar-refractivity contribution is -0.140. The first-order valence-corrected chi connectivity index (χ1v) is 15.6. The Balaban J connectivity index is 2.12. The first kappa shape index (κ1) is 32.8. The molecule has 0 aliphatic carbocycles. The molecule has 1 N–H and O–H groups in total. The van der Waals surface area contributed by atoms with Crippen LogP contribution in [0.3, 0.4) is 0 Å². The van der Waals surface area contributed by atoms with Crippen molar-refractivity contribution in [3.05, 3.63) is 101 Å². The Labute approximate surface area is 251 Å². The van der Waals surface area contributed by atoms with Gasteiger partial charge in [0.2, 0.25) is 11.8 Å². The van der Waals surface area contributed by atoms with E-state index in [0.29, 0.717) is 12.2 Å². The van der Waals surface area contributed by atoms with Gasteiger partial charge in [-0.1, -0.05) is 86.1 Å². The predicted octanol–water partition coefficient (Wildman–Crippen LogP) is 4.64. The highest BCUT2D eigenvalue weighted by atomic mass is 32.2. The van der Waals surface area contributed by atoms with Crippen molar-refractivity contribution in [2.45, 2.75) is 53.6 Å². The highest BCUT2D eigenvalue weighted by molar-refractivity contribution is 7.90. The number of hydrogen-bond donors (Lipinski definition) is 1. The molecule has 0 aliphatic heterocycles. The van der Waals surface area contributed by atoms with Crippen LogP contribution in [0.1, 0.15) is 41.7 Å². The number of carbonyl (C=O) groups excluding carboxylic acids is 2. The summed E-state index contributed by atoms with van der Waals surface area (Å²) in [6.45, 7) is 9.84. The molecule has 3 rings (SSSR count). The number of amides is 2. The fourth-order valence-electron chi connectivity index (χ4n) is 4.67. The smallest absolute Gasteiger partial charge is 0.304 e. The minimum Gasteiger partial charge on any atom is -0.354 e. The number of anilines is 1. The molecule has 0 spiro atoms. The van der Waals surface area contributed by atoms with Crippen molar-refractivity contribution in [2.75, 3.05) is 31.5 Å². The number of aryl methyl sites for hydroxylation is 3. The fourth-order valence-corrected chi connectivity index (χ4v) is 5.79. The molecule has 2 amide bonds. The van der Waals surface area contributed by atoms with Crippen LogP contribution >= 0.6 is 0 Å². The predicted molar refractivity (Wildman–Crippen MR) is 169 cm³/mol. The van der Waals surface area contributed by atoms with Gasteiger partial charge >= 0.3 is 10.2 Å². The van der Waals surface area contributed by atoms with Crippen LogP contribution in [0.25, 0.3) is 0 Å². The molecule has 0 bridgehead atoms. The number of nitrogens with one attached hydrogen (secondary N) is 1. The number of nitrogens with zero attached hydrogens (tertiary/aromatic N) is 3. The molecule has 0 saturated heterocycles. The van der Waals surface area contributed by atoms with Gasteiger partial charge in [0, 0.05) is 33.6 Å². The molecule has 42 heavy (non-hydrogen) atoms. The van der Waals surface area contributed by atoms with E-state index >= 15 is 0 Å². The summed E-state index contributed by atoms with van der Waals surface area (Å²) in [7, 11) is -1.16. The van der Waals surface area contributed by atoms with Gasteiger partial charge in [-0.05, 0) is 55.0 Å². The van der Waals surface area contributed by atoms with Crippen LogP contribution in [0.2, 0.25) is 0 Å². The topological polar surface area (TPSA) is 90.0 Å². The molecule has 226 valence electrons. The standard InChI is InChI=1S/C33H44N4O4S/c1-24(2)21-34-33(39)31(20-28-13-9-8-10-14-28)36(22-29-15-11-12-25(3)18-29)32(38)23-37(42(40,41)35(6)7)30-19-26(4)16-17-27(30)5/h8-19,24,31H,20-23H2,1-7H3,(H,34,39). The van der Waals surface area contributed by atoms with E-state index in [1.165, 1.54) is 19.0 Å². The van der Waals surface area contributed by atoms with E-state index in [9.17, 15) is 18.0 Å². The monoisotopic (exact) mass is 592 g/mol. The fraction of sp³-hybridized carbons (Fsp3) is 0.394. The zero-order valence-corrected chi connectivity index (χ0v) is 26.6. The third-order valence-electron chi connectivity index (χ3n) is 7.04. The minimum absolute atomic E-state index is 0.149. The minimum atomic E-state index is -4.05. The highest BCUT2D eigenvalue weighted by Crippen LogP contribution is 2.26. The zero-order chi connectivity index (χ0) is 31.0. The average molecular weight is 593 g/mol. The number of benzene rings is 3. The summed E-state index contributed by atoms with van der Waals surface area (Å²) in [5.41, 5.74) is 4.80. The van der Waals surface area contributed by atoms with Crippen molar-refractivity contribution in [1.29, 1.82) is 0 Å². The van der Waals surface area contributed by atoms with Crippen LogP contribution in [0.15, 0.2) is 72.8 Å². The summed E-state index contributed by atoms with van der Waals surface area (Å²) in [6, 6.07) is 22.0. The molecular formula is C33H44N4O4S. The summed E-state index contributed by atoms with van der Waals surface area (Å²) in [6.07, 6.45) is 0.284. The van der Waals surface area contributed by atoms with Gasteiger partial charge in [0.1, 0.15) is 12.6 Å².